The number of carbonyl (C=O) groups is 3. The first kappa shape index (κ1) is 56.1. The maximum absolute atomic E-state index is 12.7. The molecule has 1 atom stereocenters. The van der Waals surface area contributed by atoms with Crippen molar-refractivity contribution in [3.63, 3.8) is 0 Å². The molecule has 0 aromatic carbocycles. The summed E-state index contributed by atoms with van der Waals surface area (Å²) in [5.41, 5.74) is 0. The van der Waals surface area contributed by atoms with Crippen molar-refractivity contribution in [2.75, 3.05) is 13.2 Å². The molecule has 0 heterocycles. The Bertz CT molecular complexity index is 1090. The first-order valence-corrected chi connectivity index (χ1v) is 24.9. The number of esters is 3. The van der Waals surface area contributed by atoms with Gasteiger partial charge in [0.2, 0.25) is 0 Å². The lowest BCUT2D eigenvalue weighted by Crippen LogP contribution is -2.30. The zero-order valence-electron chi connectivity index (χ0n) is 38.8. The van der Waals surface area contributed by atoms with Crippen LogP contribution in [0.5, 0.6) is 0 Å². The second-order valence-corrected chi connectivity index (χ2v) is 16.5. The van der Waals surface area contributed by atoms with E-state index in [1.807, 2.05) is 54.7 Å². The van der Waals surface area contributed by atoms with Gasteiger partial charge in [-0.05, 0) is 32.1 Å². The summed E-state index contributed by atoms with van der Waals surface area (Å²) < 4.78 is 16.7. The maximum Gasteiger partial charge on any atom is 0.306 e. The molecule has 0 rings (SSSR count). The second-order valence-electron chi connectivity index (χ2n) is 16.5. The average Bonchev–Trinajstić information content (AvgIpc) is 3.23. The number of ether oxygens (including phenoxy) is 3. The number of unbranched alkanes of at least 4 members (excludes halogenated alkanes) is 27. The van der Waals surface area contributed by atoms with Crippen molar-refractivity contribution >= 4 is 17.9 Å². The molecular weight excluding hydrogens is 733 g/mol. The molecule has 0 aliphatic rings. The van der Waals surface area contributed by atoms with Crippen LogP contribution in [-0.2, 0) is 28.6 Å². The van der Waals surface area contributed by atoms with Crippen LogP contribution in [0, 0.1) is 0 Å². The first-order chi connectivity index (χ1) is 29.0. The van der Waals surface area contributed by atoms with E-state index in [1.165, 1.54) is 141 Å². The van der Waals surface area contributed by atoms with Crippen molar-refractivity contribution in [1.29, 1.82) is 0 Å². The molecule has 59 heavy (non-hydrogen) atoms. The van der Waals surface area contributed by atoms with E-state index in [1.54, 1.807) is 0 Å². The fourth-order valence-electron chi connectivity index (χ4n) is 6.94. The van der Waals surface area contributed by atoms with Gasteiger partial charge < -0.3 is 14.2 Å². The number of hydrogen-bond donors (Lipinski definition) is 0. The molecule has 6 nitrogen and oxygen atoms in total. The summed E-state index contributed by atoms with van der Waals surface area (Å²) in [6, 6.07) is 0. The van der Waals surface area contributed by atoms with Crippen LogP contribution in [0.1, 0.15) is 239 Å². The Kier molecular flexibility index (Phi) is 45.4. The zero-order valence-corrected chi connectivity index (χ0v) is 38.8. The Labute approximate surface area is 364 Å². The molecule has 0 saturated heterocycles. The molecule has 0 aliphatic carbocycles. The fraction of sp³-hybridized carbons (Fsp3) is 0.755. The van der Waals surface area contributed by atoms with Crippen molar-refractivity contribution in [3.8, 4) is 0 Å². The van der Waals surface area contributed by atoms with Crippen LogP contribution in [0.2, 0.25) is 0 Å². The number of carbonyl (C=O) groups excluding carboxylic acids is 3. The minimum atomic E-state index is -0.806. The highest BCUT2D eigenvalue weighted by atomic mass is 16.6. The number of hydrogen-bond acceptors (Lipinski definition) is 6. The van der Waals surface area contributed by atoms with Crippen molar-refractivity contribution in [2.45, 2.75) is 245 Å². The highest BCUT2D eigenvalue weighted by Gasteiger charge is 2.19. The first-order valence-electron chi connectivity index (χ1n) is 24.9. The summed E-state index contributed by atoms with van der Waals surface area (Å²) in [7, 11) is 0. The van der Waals surface area contributed by atoms with E-state index in [0.717, 1.165) is 51.4 Å². The smallest absolute Gasteiger partial charge is 0.306 e. The molecule has 6 heteroatoms. The van der Waals surface area contributed by atoms with E-state index < -0.39 is 6.10 Å². The molecule has 1 unspecified atom stereocenters. The van der Waals surface area contributed by atoms with Crippen molar-refractivity contribution in [2.24, 2.45) is 0 Å². The Morgan fingerprint density at radius 1 is 0.356 bits per heavy atom. The maximum atomic E-state index is 12.7. The summed E-state index contributed by atoms with van der Waals surface area (Å²) in [6.07, 6.45) is 57.9. The molecule has 0 radical (unpaired) electrons. The van der Waals surface area contributed by atoms with Crippen LogP contribution in [0.4, 0.5) is 0 Å². The molecule has 340 valence electrons. The molecule has 0 aromatic heterocycles. The monoisotopic (exact) mass is 825 g/mol. The van der Waals surface area contributed by atoms with Gasteiger partial charge in [0.05, 0.1) is 0 Å². The molecule has 0 aliphatic heterocycles. The van der Waals surface area contributed by atoms with Gasteiger partial charge in [0.25, 0.3) is 0 Å². The Morgan fingerprint density at radius 3 is 1.02 bits per heavy atom. The largest absolute Gasteiger partial charge is 0.462 e. The van der Waals surface area contributed by atoms with Gasteiger partial charge in [-0.3, -0.25) is 14.4 Å². The van der Waals surface area contributed by atoms with Gasteiger partial charge in [0.15, 0.2) is 6.10 Å². The minimum Gasteiger partial charge on any atom is -0.462 e. The van der Waals surface area contributed by atoms with E-state index in [4.69, 9.17) is 14.2 Å². The molecule has 0 aromatic rings. The van der Waals surface area contributed by atoms with Gasteiger partial charge in [-0.25, -0.2) is 0 Å². The van der Waals surface area contributed by atoms with Gasteiger partial charge >= 0.3 is 17.9 Å². The topological polar surface area (TPSA) is 78.9 Å². The third-order valence-electron chi connectivity index (χ3n) is 10.7. The summed E-state index contributed by atoms with van der Waals surface area (Å²) in [5, 5.41) is 0. The predicted molar refractivity (Wildman–Crippen MR) is 251 cm³/mol. The highest BCUT2D eigenvalue weighted by Crippen LogP contribution is 2.16. The van der Waals surface area contributed by atoms with Crippen LogP contribution < -0.4 is 0 Å². The van der Waals surface area contributed by atoms with Gasteiger partial charge in [-0.1, -0.05) is 248 Å². The van der Waals surface area contributed by atoms with Crippen molar-refractivity contribution < 1.29 is 28.6 Å². The fourth-order valence-corrected chi connectivity index (χ4v) is 6.94. The van der Waals surface area contributed by atoms with E-state index in [2.05, 4.69) is 26.8 Å². The van der Waals surface area contributed by atoms with Crippen LogP contribution >= 0.6 is 0 Å². The van der Waals surface area contributed by atoms with Crippen LogP contribution in [0.15, 0.2) is 60.8 Å². The third kappa shape index (κ3) is 46.0. The third-order valence-corrected chi connectivity index (χ3v) is 10.7. The average molecular weight is 825 g/mol. The summed E-state index contributed by atoms with van der Waals surface area (Å²) in [5.74, 6) is -0.970. The van der Waals surface area contributed by atoms with Gasteiger partial charge in [0, 0.05) is 19.3 Å². The number of rotatable bonds is 44. The zero-order chi connectivity index (χ0) is 43.0. The minimum absolute atomic E-state index is 0.0997. The quantitative estimate of drug-likeness (QED) is 0.0263. The van der Waals surface area contributed by atoms with Crippen molar-refractivity contribution in [3.05, 3.63) is 60.8 Å². The normalized spacial score (nSPS) is 12.5. The lowest BCUT2D eigenvalue weighted by atomic mass is 10.0. The Balaban J connectivity index is 4.41. The van der Waals surface area contributed by atoms with E-state index in [9.17, 15) is 14.4 Å². The highest BCUT2D eigenvalue weighted by molar-refractivity contribution is 5.71. The molecule has 0 N–H and O–H groups in total. The SMILES string of the molecule is CC\C=C/C=C\C=C/C=C\C=C/CCCC(=O)OC(COC(=O)CCCCCCCCCCCCC)COC(=O)CCCCCCCCCCCCCCCCCCC. The molecule has 0 spiro atoms. The predicted octanol–water partition coefficient (Wildman–Crippen LogP) is 16.1. The van der Waals surface area contributed by atoms with Gasteiger partial charge in [0.1, 0.15) is 13.2 Å². The van der Waals surface area contributed by atoms with E-state index in [-0.39, 0.29) is 37.5 Å². The standard InChI is InChI=1S/C53H92O6/c1-4-7-10-13-16-19-22-24-25-26-27-29-31-34-37-40-43-46-52(55)58-49-50(48-57-51(54)45-42-39-36-33-30-21-18-15-12-9-6-3)59-53(56)47-44-41-38-35-32-28-23-20-17-14-11-8-5-2/h8,11,14,17,20,23,28,32,35,38,50H,4-7,9-10,12-13,15-16,18-19,21-22,24-27,29-31,33-34,36-37,39-49H2,1-3H3/b11-8-,17-14-,23-20-,32-28-,38-35-. The van der Waals surface area contributed by atoms with E-state index in [0.29, 0.717) is 19.3 Å². The second kappa shape index (κ2) is 47.8. The molecular formula is C53H92O6. The van der Waals surface area contributed by atoms with Gasteiger partial charge in [-0.15, -0.1) is 0 Å². The van der Waals surface area contributed by atoms with Crippen LogP contribution in [-0.4, -0.2) is 37.2 Å². The van der Waals surface area contributed by atoms with Crippen molar-refractivity contribution in [1.82, 2.24) is 0 Å². The molecule has 0 saturated carbocycles. The molecule has 0 fully saturated rings. The lowest BCUT2D eigenvalue weighted by Gasteiger charge is -2.18. The molecule has 0 amide bonds. The lowest BCUT2D eigenvalue weighted by molar-refractivity contribution is -0.167. The Hall–Kier alpha value is -2.89. The van der Waals surface area contributed by atoms with Crippen LogP contribution in [0.3, 0.4) is 0 Å². The molecule has 0 bridgehead atoms. The van der Waals surface area contributed by atoms with Gasteiger partial charge in [-0.2, -0.15) is 0 Å². The van der Waals surface area contributed by atoms with Crippen LogP contribution in [0.25, 0.3) is 0 Å². The van der Waals surface area contributed by atoms with E-state index >= 15 is 0 Å². The summed E-state index contributed by atoms with van der Waals surface area (Å²) in [4.78, 5) is 37.8. The summed E-state index contributed by atoms with van der Waals surface area (Å²) >= 11 is 0. The Morgan fingerprint density at radius 2 is 0.661 bits per heavy atom. The summed E-state index contributed by atoms with van der Waals surface area (Å²) in [6.45, 7) is 6.43. The number of allylic oxidation sites excluding steroid dienone is 10.